The molecule has 1 aromatic rings. The van der Waals surface area contributed by atoms with Crippen LogP contribution in [-0.2, 0) is 14.8 Å². The maximum absolute atomic E-state index is 12.0. The minimum atomic E-state index is -3.89. The number of carboxylic acid groups (broad SMARTS) is 1. The van der Waals surface area contributed by atoms with Crippen molar-refractivity contribution in [3.8, 4) is 0 Å². The molecule has 1 aromatic heterocycles. The standard InChI is InChI=1S/C11H16N2O6S/c1-19-7-9(4-5-14)13-20(17,18)10-3-2-8(6-12-10)11(15)16/h2-3,6,9,13-14H,4-5,7H2,1H3,(H,15,16). The molecule has 0 amide bonds. The van der Waals surface area contributed by atoms with Crippen LogP contribution >= 0.6 is 0 Å². The maximum Gasteiger partial charge on any atom is 0.337 e. The summed E-state index contributed by atoms with van der Waals surface area (Å²) in [6, 6.07) is 1.67. The van der Waals surface area contributed by atoms with E-state index in [-0.39, 0.29) is 30.2 Å². The molecule has 1 rings (SSSR count). The summed E-state index contributed by atoms with van der Waals surface area (Å²) in [6.45, 7) is -0.0884. The smallest absolute Gasteiger partial charge is 0.337 e. The zero-order chi connectivity index (χ0) is 15.2. The Morgan fingerprint density at radius 2 is 2.20 bits per heavy atom. The predicted octanol–water partition coefficient (Wildman–Crippen LogP) is -0.544. The summed E-state index contributed by atoms with van der Waals surface area (Å²) < 4.78 is 31.2. The zero-order valence-corrected chi connectivity index (χ0v) is 11.6. The van der Waals surface area contributed by atoms with Crippen molar-refractivity contribution in [2.75, 3.05) is 20.3 Å². The highest BCUT2D eigenvalue weighted by Crippen LogP contribution is 2.08. The molecule has 0 spiro atoms. The van der Waals surface area contributed by atoms with E-state index in [0.29, 0.717) is 0 Å². The number of pyridine rings is 1. The number of carboxylic acids is 1. The number of methoxy groups -OCH3 is 1. The molecule has 0 radical (unpaired) electrons. The van der Waals surface area contributed by atoms with E-state index < -0.39 is 22.0 Å². The van der Waals surface area contributed by atoms with Crippen molar-refractivity contribution in [3.63, 3.8) is 0 Å². The van der Waals surface area contributed by atoms with Crippen LogP contribution in [0.5, 0.6) is 0 Å². The molecule has 3 N–H and O–H groups in total. The van der Waals surface area contributed by atoms with E-state index in [4.69, 9.17) is 14.9 Å². The first-order valence-electron chi connectivity index (χ1n) is 5.72. The fourth-order valence-corrected chi connectivity index (χ4v) is 2.66. The molecule has 0 fully saturated rings. The third-order valence-corrected chi connectivity index (χ3v) is 3.86. The van der Waals surface area contributed by atoms with Crippen molar-refractivity contribution < 1.29 is 28.2 Å². The van der Waals surface area contributed by atoms with Gasteiger partial charge in [0.1, 0.15) is 0 Å². The van der Waals surface area contributed by atoms with E-state index in [2.05, 4.69) is 9.71 Å². The van der Waals surface area contributed by atoms with Gasteiger partial charge in [-0.15, -0.1) is 0 Å². The Labute approximate surface area is 116 Å². The first-order valence-corrected chi connectivity index (χ1v) is 7.20. The number of aromatic carboxylic acids is 1. The molecule has 1 unspecified atom stereocenters. The first-order chi connectivity index (χ1) is 9.40. The topological polar surface area (TPSA) is 126 Å². The number of nitrogens with zero attached hydrogens (tertiary/aromatic N) is 1. The monoisotopic (exact) mass is 304 g/mol. The van der Waals surface area contributed by atoms with Gasteiger partial charge in [0.25, 0.3) is 10.0 Å². The van der Waals surface area contributed by atoms with Crippen LogP contribution in [0.3, 0.4) is 0 Å². The van der Waals surface area contributed by atoms with E-state index in [0.717, 1.165) is 18.3 Å². The van der Waals surface area contributed by atoms with Crippen LogP contribution in [0.15, 0.2) is 23.4 Å². The van der Waals surface area contributed by atoms with Crippen LogP contribution < -0.4 is 4.72 Å². The van der Waals surface area contributed by atoms with Crippen molar-refractivity contribution in [2.24, 2.45) is 0 Å². The van der Waals surface area contributed by atoms with Gasteiger partial charge in [-0.3, -0.25) is 0 Å². The van der Waals surface area contributed by atoms with Gasteiger partial charge in [0.15, 0.2) is 5.03 Å². The van der Waals surface area contributed by atoms with Crippen molar-refractivity contribution in [1.29, 1.82) is 0 Å². The van der Waals surface area contributed by atoms with Crippen molar-refractivity contribution in [2.45, 2.75) is 17.5 Å². The lowest BCUT2D eigenvalue weighted by Crippen LogP contribution is -2.39. The summed E-state index contributed by atoms with van der Waals surface area (Å²) >= 11 is 0. The van der Waals surface area contributed by atoms with Crippen molar-refractivity contribution >= 4 is 16.0 Å². The lowest BCUT2D eigenvalue weighted by Gasteiger charge is -2.16. The van der Waals surface area contributed by atoms with E-state index in [1.165, 1.54) is 7.11 Å². The highest BCUT2D eigenvalue weighted by Gasteiger charge is 2.21. The highest BCUT2D eigenvalue weighted by atomic mass is 32.2. The minimum absolute atomic E-state index is 0.104. The molecule has 0 saturated carbocycles. The minimum Gasteiger partial charge on any atom is -0.478 e. The van der Waals surface area contributed by atoms with Crippen LogP contribution in [0.4, 0.5) is 0 Å². The number of carbonyl (C=O) groups is 1. The van der Waals surface area contributed by atoms with Gasteiger partial charge in [-0.2, -0.15) is 0 Å². The third-order valence-electron chi connectivity index (χ3n) is 2.43. The quantitative estimate of drug-likeness (QED) is 0.588. The Balaban J connectivity index is 2.89. The number of hydrogen-bond donors (Lipinski definition) is 3. The Bertz CT molecular complexity index is 537. The van der Waals surface area contributed by atoms with Crippen LogP contribution in [0.2, 0.25) is 0 Å². The molecule has 0 aliphatic heterocycles. The fraction of sp³-hybridized carbons (Fsp3) is 0.455. The molecule has 0 aromatic carbocycles. The van der Waals surface area contributed by atoms with Gasteiger partial charge in [-0.05, 0) is 18.6 Å². The maximum atomic E-state index is 12.0. The molecular formula is C11H16N2O6S. The molecule has 1 heterocycles. The molecule has 0 saturated heterocycles. The predicted molar refractivity (Wildman–Crippen MR) is 68.9 cm³/mol. The fourth-order valence-electron chi connectivity index (χ4n) is 1.48. The zero-order valence-electron chi connectivity index (χ0n) is 10.8. The van der Waals surface area contributed by atoms with Crippen LogP contribution in [0, 0.1) is 0 Å². The van der Waals surface area contributed by atoms with Crippen LogP contribution in [-0.4, -0.2) is 55.9 Å². The average molecular weight is 304 g/mol. The van der Waals surface area contributed by atoms with Gasteiger partial charge in [0.05, 0.1) is 12.2 Å². The molecule has 20 heavy (non-hydrogen) atoms. The lowest BCUT2D eigenvalue weighted by atomic mass is 10.2. The Morgan fingerprint density at radius 3 is 2.65 bits per heavy atom. The number of sulfonamides is 1. The Hall–Kier alpha value is -1.55. The van der Waals surface area contributed by atoms with Gasteiger partial charge < -0.3 is 14.9 Å². The summed E-state index contributed by atoms with van der Waals surface area (Å²) in [5.74, 6) is -1.19. The summed E-state index contributed by atoms with van der Waals surface area (Å²) in [5, 5.41) is 17.3. The van der Waals surface area contributed by atoms with Gasteiger partial charge in [-0.1, -0.05) is 0 Å². The lowest BCUT2D eigenvalue weighted by molar-refractivity contribution is 0.0696. The molecular weight excluding hydrogens is 288 g/mol. The third kappa shape index (κ3) is 4.53. The molecule has 1 atom stereocenters. The number of rotatable bonds is 8. The Kier molecular flexibility index (Phi) is 6.02. The van der Waals surface area contributed by atoms with Crippen molar-refractivity contribution in [3.05, 3.63) is 23.9 Å². The molecule has 9 heteroatoms. The number of aliphatic hydroxyl groups is 1. The normalized spacial score (nSPS) is 13.1. The highest BCUT2D eigenvalue weighted by molar-refractivity contribution is 7.89. The van der Waals surface area contributed by atoms with E-state index in [1.807, 2.05) is 0 Å². The number of hydrogen-bond acceptors (Lipinski definition) is 6. The second-order valence-electron chi connectivity index (χ2n) is 3.98. The molecule has 8 nitrogen and oxygen atoms in total. The molecule has 0 aliphatic carbocycles. The summed E-state index contributed by atoms with van der Waals surface area (Å²) in [6.07, 6.45) is 1.16. The molecule has 112 valence electrons. The first kappa shape index (κ1) is 16.5. The van der Waals surface area contributed by atoms with Gasteiger partial charge >= 0.3 is 5.97 Å². The largest absolute Gasteiger partial charge is 0.478 e. The summed E-state index contributed by atoms with van der Waals surface area (Å²) in [7, 11) is -2.48. The van der Waals surface area contributed by atoms with Crippen LogP contribution in [0.1, 0.15) is 16.8 Å². The molecule has 0 aliphatic rings. The summed E-state index contributed by atoms with van der Waals surface area (Å²) in [5.41, 5.74) is -0.104. The number of ether oxygens (including phenoxy) is 1. The number of aliphatic hydroxyl groups excluding tert-OH is 1. The second-order valence-corrected chi connectivity index (χ2v) is 5.64. The number of nitrogens with one attached hydrogen (secondary N) is 1. The van der Waals surface area contributed by atoms with E-state index in [1.54, 1.807) is 0 Å². The second kappa shape index (κ2) is 7.29. The van der Waals surface area contributed by atoms with Crippen LogP contribution in [0.25, 0.3) is 0 Å². The van der Waals surface area contributed by atoms with E-state index >= 15 is 0 Å². The SMILES string of the molecule is COCC(CCO)NS(=O)(=O)c1ccc(C(=O)O)cn1. The van der Waals surface area contributed by atoms with Gasteiger partial charge in [0.2, 0.25) is 0 Å². The van der Waals surface area contributed by atoms with Gasteiger partial charge in [0, 0.05) is 26.0 Å². The summed E-state index contributed by atoms with van der Waals surface area (Å²) in [4.78, 5) is 14.3. The number of aromatic nitrogens is 1. The molecule has 0 bridgehead atoms. The van der Waals surface area contributed by atoms with Gasteiger partial charge in [-0.25, -0.2) is 22.9 Å². The Morgan fingerprint density at radius 1 is 1.50 bits per heavy atom. The average Bonchev–Trinajstić information content (AvgIpc) is 2.39. The van der Waals surface area contributed by atoms with Crippen molar-refractivity contribution in [1.82, 2.24) is 9.71 Å². The van der Waals surface area contributed by atoms with E-state index in [9.17, 15) is 13.2 Å².